The maximum absolute atomic E-state index is 12.4. The number of para-hydroxylation sites is 2. The Morgan fingerprint density at radius 3 is 2.89 bits per heavy atom. The van der Waals surface area contributed by atoms with Gasteiger partial charge in [-0.1, -0.05) is 25.1 Å². The third kappa shape index (κ3) is 5.44. The molecule has 2 aromatic rings. The Labute approximate surface area is 160 Å². The van der Waals surface area contributed by atoms with Crippen LogP contribution in [0.2, 0.25) is 0 Å². The largest absolute Gasteiger partial charge is 0.490 e. The number of hydrogen-bond acceptors (Lipinski definition) is 5. The number of carbonyl (C=O) groups excluding carboxylic acids is 1. The number of aromatic nitrogens is 1. The molecule has 1 unspecified atom stereocenters. The fourth-order valence-corrected chi connectivity index (χ4v) is 3.02. The molecule has 1 saturated heterocycles. The van der Waals surface area contributed by atoms with Gasteiger partial charge in [0.2, 0.25) is 11.8 Å². The lowest BCUT2D eigenvalue weighted by Gasteiger charge is -2.22. The topological polar surface area (TPSA) is 72.5 Å². The fourth-order valence-electron chi connectivity index (χ4n) is 3.02. The third-order valence-corrected chi connectivity index (χ3v) is 4.49. The van der Waals surface area contributed by atoms with Crippen LogP contribution in [0.5, 0.6) is 17.4 Å². The monoisotopic (exact) mass is 369 g/mol. The van der Waals surface area contributed by atoms with Crippen molar-refractivity contribution in [1.82, 2.24) is 15.6 Å². The average molecular weight is 369 g/mol. The summed E-state index contributed by atoms with van der Waals surface area (Å²) in [6, 6.07) is 11.3. The van der Waals surface area contributed by atoms with Crippen molar-refractivity contribution in [1.29, 1.82) is 0 Å². The lowest BCUT2D eigenvalue weighted by molar-refractivity contribution is -0.125. The van der Waals surface area contributed by atoms with Crippen LogP contribution in [0.4, 0.5) is 0 Å². The molecular formula is C21H27N3O3. The standard InChI is InChI=1S/C21H27N3O3/c1-2-13-26-18-9-3-4-10-19(18)27-21-17(8-6-12-23-21)15-24-20(25)16-7-5-11-22-14-16/h3-4,6,8-10,12,16,22H,2,5,7,11,13-15H2,1H3,(H,24,25). The van der Waals surface area contributed by atoms with Crippen LogP contribution in [-0.2, 0) is 11.3 Å². The van der Waals surface area contributed by atoms with E-state index in [1.54, 1.807) is 6.20 Å². The van der Waals surface area contributed by atoms with Gasteiger partial charge >= 0.3 is 0 Å². The molecule has 6 heteroatoms. The summed E-state index contributed by atoms with van der Waals surface area (Å²) in [5.74, 6) is 1.89. The number of rotatable bonds is 8. The van der Waals surface area contributed by atoms with Gasteiger partial charge in [0.05, 0.1) is 12.5 Å². The molecule has 1 aromatic heterocycles. The zero-order chi connectivity index (χ0) is 18.9. The highest BCUT2D eigenvalue weighted by molar-refractivity contribution is 5.79. The zero-order valence-electron chi connectivity index (χ0n) is 15.7. The SMILES string of the molecule is CCCOc1ccccc1Oc1ncccc1CNC(=O)C1CCCNC1. The number of nitrogens with one attached hydrogen (secondary N) is 2. The number of ether oxygens (including phenoxy) is 2. The van der Waals surface area contributed by atoms with E-state index in [1.807, 2.05) is 36.4 Å². The molecule has 27 heavy (non-hydrogen) atoms. The molecule has 2 heterocycles. The quantitative estimate of drug-likeness (QED) is 0.747. The molecule has 1 amide bonds. The number of amides is 1. The van der Waals surface area contributed by atoms with Crippen molar-refractivity contribution in [2.75, 3.05) is 19.7 Å². The number of carbonyl (C=O) groups is 1. The fraction of sp³-hybridized carbons (Fsp3) is 0.429. The molecule has 2 N–H and O–H groups in total. The van der Waals surface area contributed by atoms with E-state index in [0.29, 0.717) is 30.5 Å². The molecule has 0 aliphatic carbocycles. The van der Waals surface area contributed by atoms with Gasteiger partial charge in [-0.05, 0) is 44.0 Å². The molecule has 6 nitrogen and oxygen atoms in total. The van der Waals surface area contributed by atoms with E-state index in [0.717, 1.165) is 37.9 Å². The van der Waals surface area contributed by atoms with E-state index in [1.165, 1.54) is 0 Å². The minimum absolute atomic E-state index is 0.0305. The molecule has 0 spiro atoms. The summed E-state index contributed by atoms with van der Waals surface area (Å²) >= 11 is 0. The Morgan fingerprint density at radius 1 is 1.26 bits per heavy atom. The Bertz CT molecular complexity index is 745. The van der Waals surface area contributed by atoms with Crippen molar-refractivity contribution in [3.05, 3.63) is 48.2 Å². The number of benzene rings is 1. The minimum atomic E-state index is 0.0305. The van der Waals surface area contributed by atoms with Crippen LogP contribution in [-0.4, -0.2) is 30.6 Å². The van der Waals surface area contributed by atoms with Gasteiger partial charge in [-0.3, -0.25) is 4.79 Å². The average Bonchev–Trinajstić information content (AvgIpc) is 2.73. The summed E-state index contributed by atoms with van der Waals surface area (Å²) < 4.78 is 11.8. The van der Waals surface area contributed by atoms with Crippen molar-refractivity contribution >= 4 is 5.91 Å². The van der Waals surface area contributed by atoms with Gasteiger partial charge in [-0.15, -0.1) is 0 Å². The number of piperidine rings is 1. The van der Waals surface area contributed by atoms with Crippen LogP contribution in [0, 0.1) is 5.92 Å². The van der Waals surface area contributed by atoms with E-state index in [-0.39, 0.29) is 11.8 Å². The van der Waals surface area contributed by atoms with Crippen LogP contribution < -0.4 is 20.1 Å². The first kappa shape index (κ1) is 19.2. The minimum Gasteiger partial charge on any atom is -0.490 e. The van der Waals surface area contributed by atoms with Crippen LogP contribution >= 0.6 is 0 Å². The zero-order valence-corrected chi connectivity index (χ0v) is 15.7. The normalized spacial score (nSPS) is 16.6. The van der Waals surface area contributed by atoms with Crippen molar-refractivity contribution in [3.8, 4) is 17.4 Å². The van der Waals surface area contributed by atoms with Crippen molar-refractivity contribution in [2.45, 2.75) is 32.7 Å². The second-order valence-electron chi connectivity index (χ2n) is 6.63. The van der Waals surface area contributed by atoms with Gasteiger partial charge in [0.25, 0.3) is 0 Å². The Morgan fingerprint density at radius 2 is 2.11 bits per heavy atom. The highest BCUT2D eigenvalue weighted by atomic mass is 16.5. The molecular weight excluding hydrogens is 342 g/mol. The van der Waals surface area contributed by atoms with Gasteiger partial charge in [-0.2, -0.15) is 0 Å². The summed E-state index contributed by atoms with van der Waals surface area (Å²) in [6.45, 7) is 4.80. The molecule has 1 aromatic carbocycles. The summed E-state index contributed by atoms with van der Waals surface area (Å²) in [5, 5.41) is 6.28. The molecule has 0 radical (unpaired) electrons. The van der Waals surface area contributed by atoms with E-state index in [9.17, 15) is 4.79 Å². The van der Waals surface area contributed by atoms with E-state index >= 15 is 0 Å². The Hall–Kier alpha value is -2.60. The lowest BCUT2D eigenvalue weighted by atomic mass is 9.99. The number of hydrogen-bond donors (Lipinski definition) is 2. The van der Waals surface area contributed by atoms with Crippen LogP contribution in [0.25, 0.3) is 0 Å². The highest BCUT2D eigenvalue weighted by Crippen LogP contribution is 2.31. The third-order valence-electron chi connectivity index (χ3n) is 4.49. The molecule has 1 fully saturated rings. The maximum atomic E-state index is 12.4. The van der Waals surface area contributed by atoms with Crippen LogP contribution in [0.1, 0.15) is 31.7 Å². The first-order valence-corrected chi connectivity index (χ1v) is 9.60. The predicted molar refractivity (Wildman–Crippen MR) is 104 cm³/mol. The summed E-state index contributed by atoms with van der Waals surface area (Å²) in [6.07, 6.45) is 4.57. The van der Waals surface area contributed by atoms with Crippen molar-refractivity contribution in [2.24, 2.45) is 5.92 Å². The van der Waals surface area contributed by atoms with Gasteiger partial charge in [0.1, 0.15) is 0 Å². The van der Waals surface area contributed by atoms with E-state index in [2.05, 4.69) is 22.5 Å². The lowest BCUT2D eigenvalue weighted by Crippen LogP contribution is -2.40. The summed E-state index contributed by atoms with van der Waals surface area (Å²) in [5.41, 5.74) is 0.833. The molecule has 0 bridgehead atoms. The smallest absolute Gasteiger partial charge is 0.224 e. The Balaban J connectivity index is 1.66. The Kier molecular flexibility index (Phi) is 7.04. The molecule has 0 saturated carbocycles. The predicted octanol–water partition coefficient (Wildman–Crippen LogP) is 3.28. The number of nitrogens with zero attached hydrogens (tertiary/aromatic N) is 1. The van der Waals surface area contributed by atoms with Crippen LogP contribution in [0.15, 0.2) is 42.6 Å². The van der Waals surface area contributed by atoms with E-state index < -0.39 is 0 Å². The van der Waals surface area contributed by atoms with Crippen molar-refractivity contribution in [3.63, 3.8) is 0 Å². The molecule has 3 rings (SSSR count). The van der Waals surface area contributed by atoms with Gasteiger partial charge in [0.15, 0.2) is 11.5 Å². The summed E-state index contributed by atoms with van der Waals surface area (Å²) in [4.78, 5) is 16.7. The first-order chi connectivity index (χ1) is 13.3. The van der Waals surface area contributed by atoms with Gasteiger partial charge in [-0.25, -0.2) is 4.98 Å². The molecule has 1 aliphatic rings. The molecule has 1 atom stereocenters. The molecule has 144 valence electrons. The van der Waals surface area contributed by atoms with Gasteiger partial charge < -0.3 is 20.1 Å². The van der Waals surface area contributed by atoms with Crippen LogP contribution in [0.3, 0.4) is 0 Å². The van der Waals surface area contributed by atoms with Crippen molar-refractivity contribution < 1.29 is 14.3 Å². The highest BCUT2D eigenvalue weighted by Gasteiger charge is 2.21. The maximum Gasteiger partial charge on any atom is 0.224 e. The molecule has 1 aliphatic heterocycles. The van der Waals surface area contributed by atoms with Gasteiger partial charge in [0, 0.05) is 24.8 Å². The number of pyridine rings is 1. The van der Waals surface area contributed by atoms with E-state index in [4.69, 9.17) is 9.47 Å². The summed E-state index contributed by atoms with van der Waals surface area (Å²) in [7, 11) is 0. The second-order valence-corrected chi connectivity index (χ2v) is 6.63. The first-order valence-electron chi connectivity index (χ1n) is 9.60. The second kappa shape index (κ2) is 9.92.